The predicted molar refractivity (Wildman–Crippen MR) is 102 cm³/mol. The molecule has 118 valence electrons. The first-order valence-electron chi connectivity index (χ1n) is 6.64. The van der Waals surface area contributed by atoms with E-state index < -0.39 is 0 Å². The van der Waals surface area contributed by atoms with Crippen LogP contribution in [-0.2, 0) is 6.54 Å². The number of aliphatic imine (C=N–C) groups is 1. The Morgan fingerprint density at radius 1 is 1.18 bits per heavy atom. The minimum Gasteiger partial charge on any atom is -0.375 e. The van der Waals surface area contributed by atoms with Crippen LogP contribution in [0.3, 0.4) is 0 Å². The number of rotatable bonds is 4. The van der Waals surface area contributed by atoms with E-state index in [0.717, 1.165) is 11.3 Å². The lowest BCUT2D eigenvalue weighted by Gasteiger charge is -2.13. The lowest BCUT2D eigenvalue weighted by molar-refractivity contribution is 0.624. The van der Waals surface area contributed by atoms with Crippen LogP contribution in [0, 0.1) is 5.82 Å². The fourth-order valence-corrected chi connectivity index (χ4v) is 1.90. The Morgan fingerprint density at radius 2 is 1.86 bits per heavy atom. The molecule has 0 unspecified atom stereocenters. The first-order chi connectivity index (χ1) is 10.1. The Labute approximate surface area is 147 Å². The van der Waals surface area contributed by atoms with Gasteiger partial charge in [-0.15, -0.1) is 24.0 Å². The molecular weight excluding hydrogens is 394 g/mol. The summed E-state index contributed by atoms with van der Waals surface area (Å²) in [4.78, 5) is 5.94. The highest BCUT2D eigenvalue weighted by molar-refractivity contribution is 14.0. The summed E-state index contributed by atoms with van der Waals surface area (Å²) in [7, 11) is 3.61. The normalized spacial score (nSPS) is 10.8. The number of halogens is 2. The standard InChI is InChI=1S/C16H19FN4.HI/c1-21(2)15-9-8-12(10-14(15)17)11-19-16(18)20-13-6-4-3-5-7-13;/h3-10H,11H2,1-2H3,(H3,18,19,20);1H. The zero-order chi connectivity index (χ0) is 15.2. The molecule has 0 amide bonds. The van der Waals surface area contributed by atoms with Crippen LogP contribution in [0.1, 0.15) is 5.56 Å². The molecule has 0 fully saturated rings. The summed E-state index contributed by atoms with van der Waals surface area (Å²) in [5, 5.41) is 2.98. The Morgan fingerprint density at radius 3 is 2.45 bits per heavy atom. The highest BCUT2D eigenvalue weighted by atomic mass is 127. The van der Waals surface area contributed by atoms with E-state index in [9.17, 15) is 4.39 Å². The third-order valence-electron chi connectivity index (χ3n) is 2.97. The summed E-state index contributed by atoms with van der Waals surface area (Å²) < 4.78 is 13.8. The van der Waals surface area contributed by atoms with Crippen LogP contribution < -0.4 is 16.0 Å². The molecule has 0 radical (unpaired) electrons. The third kappa shape index (κ3) is 5.18. The molecule has 2 aromatic carbocycles. The number of anilines is 2. The van der Waals surface area contributed by atoms with Crippen LogP contribution in [0.5, 0.6) is 0 Å². The van der Waals surface area contributed by atoms with Gasteiger partial charge in [-0.2, -0.15) is 0 Å². The van der Waals surface area contributed by atoms with Gasteiger partial charge in [-0.1, -0.05) is 24.3 Å². The van der Waals surface area contributed by atoms with Gasteiger partial charge in [-0.3, -0.25) is 0 Å². The zero-order valence-corrected chi connectivity index (χ0v) is 14.9. The SMILES string of the molecule is CN(C)c1ccc(CN=C(N)Nc2ccccc2)cc1F.I. The highest BCUT2D eigenvalue weighted by Crippen LogP contribution is 2.18. The van der Waals surface area contributed by atoms with Crippen molar-refractivity contribution < 1.29 is 4.39 Å². The summed E-state index contributed by atoms with van der Waals surface area (Å²) in [6.45, 7) is 0.330. The van der Waals surface area contributed by atoms with Crippen molar-refractivity contribution in [1.82, 2.24) is 0 Å². The molecule has 0 aliphatic rings. The summed E-state index contributed by atoms with van der Waals surface area (Å²) >= 11 is 0. The minimum absolute atomic E-state index is 0. The molecule has 0 atom stereocenters. The number of guanidine groups is 1. The Balaban J connectivity index is 0.00000242. The van der Waals surface area contributed by atoms with Crippen LogP contribution in [0.25, 0.3) is 0 Å². The Hall–Kier alpha value is -1.83. The second-order valence-corrected chi connectivity index (χ2v) is 4.87. The van der Waals surface area contributed by atoms with Crippen LogP contribution in [0.4, 0.5) is 15.8 Å². The fraction of sp³-hybridized carbons (Fsp3) is 0.188. The van der Waals surface area contributed by atoms with Gasteiger partial charge < -0.3 is 16.0 Å². The molecule has 0 aliphatic heterocycles. The number of benzene rings is 2. The molecule has 22 heavy (non-hydrogen) atoms. The smallest absolute Gasteiger partial charge is 0.193 e. The van der Waals surface area contributed by atoms with Crippen LogP contribution >= 0.6 is 24.0 Å². The summed E-state index contributed by atoms with van der Waals surface area (Å²) in [6.07, 6.45) is 0. The van der Waals surface area contributed by atoms with E-state index in [-0.39, 0.29) is 29.8 Å². The predicted octanol–water partition coefficient (Wildman–Crippen LogP) is 3.44. The molecule has 0 aromatic heterocycles. The second-order valence-electron chi connectivity index (χ2n) is 4.87. The van der Waals surface area contributed by atoms with Gasteiger partial charge in [0, 0.05) is 19.8 Å². The molecular formula is C16H20FIN4. The van der Waals surface area contributed by atoms with Crippen LogP contribution in [-0.4, -0.2) is 20.1 Å². The van der Waals surface area contributed by atoms with Gasteiger partial charge in [0.25, 0.3) is 0 Å². The molecule has 0 spiro atoms. The van der Waals surface area contributed by atoms with E-state index in [1.54, 1.807) is 25.1 Å². The van der Waals surface area contributed by atoms with Gasteiger partial charge in [0.2, 0.25) is 0 Å². The van der Waals surface area contributed by atoms with Crippen molar-refractivity contribution >= 4 is 41.3 Å². The molecule has 2 rings (SSSR count). The summed E-state index contributed by atoms with van der Waals surface area (Å²) in [6, 6.07) is 14.6. The molecule has 4 nitrogen and oxygen atoms in total. The van der Waals surface area contributed by atoms with Gasteiger partial charge in [0.1, 0.15) is 5.82 Å². The highest BCUT2D eigenvalue weighted by Gasteiger charge is 2.05. The van der Waals surface area contributed by atoms with Gasteiger partial charge >= 0.3 is 0 Å². The zero-order valence-electron chi connectivity index (χ0n) is 12.6. The molecule has 0 saturated carbocycles. The van der Waals surface area contributed by atoms with Crippen LogP contribution in [0.2, 0.25) is 0 Å². The Bertz CT molecular complexity index is 629. The van der Waals surface area contributed by atoms with E-state index in [4.69, 9.17) is 5.73 Å². The average molecular weight is 414 g/mol. The van der Waals surface area contributed by atoms with Crippen molar-refractivity contribution in [3.8, 4) is 0 Å². The topological polar surface area (TPSA) is 53.6 Å². The summed E-state index contributed by atoms with van der Waals surface area (Å²) in [5.41, 5.74) is 8.00. The molecule has 6 heteroatoms. The van der Waals surface area contributed by atoms with E-state index in [0.29, 0.717) is 18.2 Å². The minimum atomic E-state index is -0.262. The molecule has 0 heterocycles. The number of nitrogens with zero attached hydrogens (tertiary/aromatic N) is 2. The maximum absolute atomic E-state index is 13.8. The number of nitrogens with two attached hydrogens (primary N) is 1. The maximum atomic E-state index is 13.8. The fourth-order valence-electron chi connectivity index (χ4n) is 1.90. The van der Waals surface area contributed by atoms with Crippen molar-refractivity contribution in [2.75, 3.05) is 24.3 Å². The van der Waals surface area contributed by atoms with Gasteiger partial charge in [0.15, 0.2) is 5.96 Å². The van der Waals surface area contributed by atoms with E-state index in [1.807, 2.05) is 36.4 Å². The maximum Gasteiger partial charge on any atom is 0.193 e. The van der Waals surface area contributed by atoms with Gasteiger partial charge in [-0.25, -0.2) is 9.38 Å². The van der Waals surface area contributed by atoms with Crippen molar-refractivity contribution in [2.24, 2.45) is 10.7 Å². The first kappa shape index (κ1) is 18.2. The number of nitrogens with one attached hydrogen (secondary N) is 1. The van der Waals surface area contributed by atoms with E-state index in [1.165, 1.54) is 6.07 Å². The quantitative estimate of drug-likeness (QED) is 0.458. The molecule has 0 aliphatic carbocycles. The lowest BCUT2D eigenvalue weighted by Crippen LogP contribution is -2.22. The first-order valence-corrected chi connectivity index (χ1v) is 6.64. The van der Waals surface area contributed by atoms with Crippen LogP contribution in [0.15, 0.2) is 53.5 Å². The molecule has 2 aromatic rings. The molecule has 3 N–H and O–H groups in total. The van der Waals surface area contributed by atoms with Gasteiger partial charge in [0.05, 0.1) is 12.2 Å². The second kappa shape index (κ2) is 8.57. The average Bonchev–Trinajstić information content (AvgIpc) is 2.46. The van der Waals surface area contributed by atoms with Crippen molar-refractivity contribution in [1.29, 1.82) is 0 Å². The third-order valence-corrected chi connectivity index (χ3v) is 2.97. The van der Waals surface area contributed by atoms with Crippen molar-refractivity contribution in [3.05, 3.63) is 59.9 Å². The monoisotopic (exact) mass is 414 g/mol. The van der Waals surface area contributed by atoms with E-state index in [2.05, 4.69) is 10.3 Å². The number of hydrogen-bond acceptors (Lipinski definition) is 2. The largest absolute Gasteiger partial charge is 0.375 e. The number of para-hydroxylation sites is 1. The van der Waals surface area contributed by atoms with Crippen molar-refractivity contribution in [3.63, 3.8) is 0 Å². The Kier molecular flexibility index (Phi) is 7.10. The molecule has 0 bridgehead atoms. The summed E-state index contributed by atoms with van der Waals surface area (Å²) in [5.74, 6) is 0.0422. The van der Waals surface area contributed by atoms with Gasteiger partial charge in [-0.05, 0) is 29.8 Å². The van der Waals surface area contributed by atoms with E-state index >= 15 is 0 Å². The van der Waals surface area contributed by atoms with Crippen molar-refractivity contribution in [2.45, 2.75) is 6.54 Å². The number of hydrogen-bond donors (Lipinski definition) is 2. The molecule has 0 saturated heterocycles. The lowest BCUT2D eigenvalue weighted by atomic mass is 10.2.